The van der Waals surface area contributed by atoms with Crippen LogP contribution in [-0.2, 0) is 0 Å². The van der Waals surface area contributed by atoms with E-state index in [-0.39, 0.29) is 5.92 Å². The summed E-state index contributed by atoms with van der Waals surface area (Å²) in [6.45, 7) is 0. The van der Waals surface area contributed by atoms with E-state index in [2.05, 4.69) is 140 Å². The van der Waals surface area contributed by atoms with Gasteiger partial charge >= 0.3 is 0 Å². The Hall–Kier alpha value is -4.16. The summed E-state index contributed by atoms with van der Waals surface area (Å²) in [6, 6.07) is 43.6. The molecule has 0 radical (unpaired) electrons. The Morgan fingerprint density at radius 3 is 1.30 bits per heavy atom. The van der Waals surface area contributed by atoms with Gasteiger partial charge in [0.15, 0.2) is 0 Å². The first-order chi connectivity index (χ1) is 16.4. The summed E-state index contributed by atoms with van der Waals surface area (Å²) in [5.74, 6) is 0.162. The maximum Gasteiger partial charge on any atom is 0.0364 e. The van der Waals surface area contributed by atoms with E-state index in [1.165, 1.54) is 50.1 Å². The third-order valence-electron chi connectivity index (χ3n) is 6.57. The third kappa shape index (κ3) is 3.41. The molecule has 0 amide bonds. The molecule has 2 aliphatic rings. The van der Waals surface area contributed by atoms with Gasteiger partial charge in [0.2, 0.25) is 0 Å². The van der Waals surface area contributed by atoms with Crippen molar-refractivity contribution >= 4 is 16.7 Å². The van der Waals surface area contributed by atoms with Crippen LogP contribution in [0.5, 0.6) is 0 Å². The van der Waals surface area contributed by atoms with Gasteiger partial charge in [0.1, 0.15) is 0 Å². The summed E-state index contributed by atoms with van der Waals surface area (Å²) in [7, 11) is 0. The molecular formula is C33H24. The average Bonchev–Trinajstić information content (AvgIpc) is 3.20. The fraction of sp³-hybridized carbons (Fsp3) is 0.0303. The lowest BCUT2D eigenvalue weighted by atomic mass is 9.79. The molecule has 156 valence electrons. The van der Waals surface area contributed by atoms with Crippen LogP contribution in [0.25, 0.3) is 16.7 Å². The molecule has 0 heteroatoms. The fourth-order valence-electron chi connectivity index (χ4n) is 5.10. The summed E-state index contributed by atoms with van der Waals surface area (Å²) < 4.78 is 0. The Morgan fingerprint density at radius 1 is 0.424 bits per heavy atom. The van der Waals surface area contributed by atoms with E-state index in [0.717, 1.165) is 0 Å². The summed E-state index contributed by atoms with van der Waals surface area (Å²) in [4.78, 5) is 0. The minimum absolute atomic E-state index is 0.162. The lowest BCUT2D eigenvalue weighted by molar-refractivity contribution is 1.05. The van der Waals surface area contributed by atoms with Gasteiger partial charge in [-0.15, -0.1) is 0 Å². The second-order valence-electron chi connectivity index (χ2n) is 8.50. The van der Waals surface area contributed by atoms with Gasteiger partial charge in [-0.25, -0.2) is 0 Å². The molecule has 0 saturated heterocycles. The predicted octanol–water partition coefficient (Wildman–Crippen LogP) is 8.34. The van der Waals surface area contributed by atoms with E-state index in [0.29, 0.717) is 0 Å². The van der Waals surface area contributed by atoms with Crippen LogP contribution in [0, 0.1) is 0 Å². The third-order valence-corrected chi connectivity index (χ3v) is 6.57. The molecule has 0 spiro atoms. The predicted molar refractivity (Wildman–Crippen MR) is 139 cm³/mol. The summed E-state index contributed by atoms with van der Waals surface area (Å²) in [6.07, 6.45) is 6.66. The number of hydrogen-bond donors (Lipinski definition) is 0. The molecule has 33 heavy (non-hydrogen) atoms. The maximum atomic E-state index is 2.27. The van der Waals surface area contributed by atoms with E-state index in [1.54, 1.807) is 0 Å². The fourth-order valence-corrected chi connectivity index (χ4v) is 5.10. The van der Waals surface area contributed by atoms with Gasteiger partial charge in [-0.2, -0.15) is 0 Å². The van der Waals surface area contributed by atoms with E-state index in [4.69, 9.17) is 0 Å². The average molecular weight is 421 g/mol. The zero-order valence-corrected chi connectivity index (χ0v) is 18.4. The zero-order chi connectivity index (χ0) is 22.0. The lowest BCUT2D eigenvalue weighted by Gasteiger charge is -2.23. The van der Waals surface area contributed by atoms with Crippen LogP contribution in [0.15, 0.2) is 151 Å². The number of rotatable bonds is 5. The van der Waals surface area contributed by atoms with Crippen LogP contribution < -0.4 is 0 Å². The molecule has 0 saturated carbocycles. The molecule has 0 fully saturated rings. The van der Waals surface area contributed by atoms with Gasteiger partial charge in [-0.1, -0.05) is 140 Å². The van der Waals surface area contributed by atoms with Crippen LogP contribution >= 0.6 is 0 Å². The molecule has 0 N–H and O–H groups in total. The summed E-state index contributed by atoms with van der Waals surface area (Å²) in [5, 5.41) is 0. The van der Waals surface area contributed by atoms with Crippen LogP contribution in [-0.4, -0.2) is 0 Å². The molecule has 0 heterocycles. The van der Waals surface area contributed by atoms with Crippen molar-refractivity contribution < 1.29 is 0 Å². The number of hydrogen-bond acceptors (Lipinski definition) is 0. The molecule has 4 aromatic carbocycles. The smallest absolute Gasteiger partial charge is 0.0364 e. The van der Waals surface area contributed by atoms with Crippen LogP contribution in [0.1, 0.15) is 28.2 Å². The van der Waals surface area contributed by atoms with E-state index in [1.807, 2.05) is 0 Å². The van der Waals surface area contributed by atoms with Crippen molar-refractivity contribution in [3.8, 4) is 0 Å². The topological polar surface area (TPSA) is 0 Å². The Morgan fingerprint density at radius 2 is 0.848 bits per heavy atom. The Balaban J connectivity index is 1.74. The molecule has 2 aliphatic carbocycles. The van der Waals surface area contributed by atoms with Gasteiger partial charge in [0.05, 0.1) is 0 Å². The molecule has 0 nitrogen and oxygen atoms in total. The standard InChI is InChI=1S/C33H24/c1-5-14-24(15-6-1)29-30(25-16-7-2-8-17-25)32(27-20-11-4-12-21-27)33(28-22-13-23-28)31(29)26-18-9-3-10-19-26/h1-23,31H. The molecule has 4 aromatic rings. The summed E-state index contributed by atoms with van der Waals surface area (Å²) in [5.41, 5.74) is 11.9. The first-order valence-electron chi connectivity index (χ1n) is 11.5. The second-order valence-corrected chi connectivity index (χ2v) is 8.50. The first-order valence-corrected chi connectivity index (χ1v) is 11.5. The van der Waals surface area contributed by atoms with Gasteiger partial charge in [-0.05, 0) is 50.1 Å². The van der Waals surface area contributed by atoms with Crippen molar-refractivity contribution in [1.82, 2.24) is 0 Å². The van der Waals surface area contributed by atoms with Gasteiger partial charge < -0.3 is 0 Å². The van der Waals surface area contributed by atoms with Crippen LogP contribution in [0.3, 0.4) is 0 Å². The van der Waals surface area contributed by atoms with Gasteiger partial charge in [0, 0.05) is 5.92 Å². The highest BCUT2D eigenvalue weighted by Crippen LogP contribution is 2.57. The number of benzene rings is 4. The van der Waals surface area contributed by atoms with Crippen LogP contribution in [0.2, 0.25) is 0 Å². The maximum absolute atomic E-state index is 2.27. The summed E-state index contributed by atoms with van der Waals surface area (Å²) >= 11 is 0. The number of allylic oxidation sites excluding steroid dienone is 8. The van der Waals surface area contributed by atoms with Crippen molar-refractivity contribution in [1.29, 1.82) is 0 Å². The molecule has 6 rings (SSSR count). The van der Waals surface area contributed by atoms with Gasteiger partial charge in [0.25, 0.3) is 0 Å². The molecule has 0 aromatic heterocycles. The van der Waals surface area contributed by atoms with E-state index in [9.17, 15) is 0 Å². The molecule has 1 unspecified atom stereocenters. The molecular weight excluding hydrogens is 396 g/mol. The largest absolute Gasteiger partial charge is 0.0622 e. The van der Waals surface area contributed by atoms with Crippen molar-refractivity contribution in [2.75, 3.05) is 0 Å². The van der Waals surface area contributed by atoms with Crippen molar-refractivity contribution in [2.45, 2.75) is 5.92 Å². The van der Waals surface area contributed by atoms with Gasteiger partial charge in [-0.3, -0.25) is 0 Å². The van der Waals surface area contributed by atoms with Crippen LogP contribution in [0.4, 0.5) is 0 Å². The zero-order valence-electron chi connectivity index (χ0n) is 18.4. The molecule has 0 bridgehead atoms. The highest BCUT2D eigenvalue weighted by Gasteiger charge is 2.38. The normalized spacial score (nSPS) is 17.2. The second kappa shape index (κ2) is 8.41. The molecule has 1 atom stereocenters. The van der Waals surface area contributed by atoms with Crippen molar-refractivity contribution in [3.63, 3.8) is 0 Å². The monoisotopic (exact) mass is 420 g/mol. The minimum Gasteiger partial charge on any atom is -0.0622 e. The Bertz CT molecular complexity index is 1400. The van der Waals surface area contributed by atoms with Crippen molar-refractivity contribution in [2.24, 2.45) is 0 Å². The van der Waals surface area contributed by atoms with E-state index < -0.39 is 0 Å². The SMILES string of the molecule is C1=CC(C2=C(c3ccccc3)C(c3ccccc3)=C(c3ccccc3)C2c2ccccc2)=C1. The molecule has 0 aliphatic heterocycles. The Labute approximate surface area is 195 Å². The highest BCUT2D eigenvalue weighted by atomic mass is 14.4. The quantitative estimate of drug-likeness (QED) is 0.304. The van der Waals surface area contributed by atoms with E-state index >= 15 is 0 Å². The minimum atomic E-state index is 0.162. The first kappa shape index (κ1) is 19.5. The van der Waals surface area contributed by atoms with Crippen molar-refractivity contribution in [3.05, 3.63) is 173 Å². The lowest BCUT2D eigenvalue weighted by Crippen LogP contribution is -2.06. The highest BCUT2D eigenvalue weighted by molar-refractivity contribution is 6.22. The Kier molecular flexibility index (Phi) is 4.97.